The van der Waals surface area contributed by atoms with Crippen LogP contribution in [0.5, 0.6) is 0 Å². The van der Waals surface area contributed by atoms with E-state index in [1.807, 2.05) is 0 Å². The van der Waals surface area contributed by atoms with Crippen molar-refractivity contribution in [2.45, 2.75) is 16.4 Å². The van der Waals surface area contributed by atoms with Crippen molar-refractivity contribution in [3.8, 4) is 0 Å². The van der Waals surface area contributed by atoms with E-state index in [9.17, 15) is 34.8 Å². The van der Waals surface area contributed by atoms with Crippen LogP contribution in [0.1, 0.15) is 0 Å². The van der Waals surface area contributed by atoms with Crippen LogP contribution in [0.4, 0.5) is 26.3 Å². The lowest BCUT2D eigenvalue weighted by molar-refractivity contribution is -0.434. The lowest BCUT2D eigenvalue weighted by atomic mass is 10.3. The summed E-state index contributed by atoms with van der Waals surface area (Å²) >= 11 is -1.78. The van der Waals surface area contributed by atoms with E-state index < -0.39 is 38.6 Å². The number of rotatable bonds is 6. The Morgan fingerprint density at radius 1 is 1.06 bits per heavy atom. The topological polar surface area (TPSA) is 93.1 Å². The van der Waals surface area contributed by atoms with Gasteiger partial charge in [0.1, 0.15) is 12.0 Å². The molecule has 0 bridgehead atoms. The SMILES string of the molecule is O=S(=O)(O)C(F)(F)C(F)(F)C(F)(F)SOOO. The minimum atomic E-state index is -6.80. The molecule has 0 aromatic heterocycles. The molecule has 0 rings (SSSR count). The molecule has 6 nitrogen and oxygen atoms in total. The van der Waals surface area contributed by atoms with Crippen LogP contribution in [0.2, 0.25) is 0 Å². The van der Waals surface area contributed by atoms with E-state index in [2.05, 4.69) is 9.37 Å². The molecule has 0 aliphatic rings. The van der Waals surface area contributed by atoms with Crippen molar-refractivity contribution < 1.29 is 53.9 Å². The van der Waals surface area contributed by atoms with Crippen molar-refractivity contribution in [3.05, 3.63) is 0 Å². The molecule has 14 heteroatoms. The molecule has 0 aromatic carbocycles. The van der Waals surface area contributed by atoms with Crippen LogP contribution in [-0.2, 0) is 19.5 Å². The Morgan fingerprint density at radius 3 is 1.76 bits per heavy atom. The van der Waals surface area contributed by atoms with Crippen molar-refractivity contribution in [1.82, 2.24) is 0 Å². The van der Waals surface area contributed by atoms with Gasteiger partial charge in [0.05, 0.1) is 0 Å². The van der Waals surface area contributed by atoms with Gasteiger partial charge in [-0.05, 0) is 0 Å². The van der Waals surface area contributed by atoms with Gasteiger partial charge in [-0.15, -0.1) is 4.33 Å². The fourth-order valence-electron chi connectivity index (χ4n) is 0.442. The van der Waals surface area contributed by atoms with Gasteiger partial charge in [0.25, 0.3) is 0 Å². The Hall–Kier alpha value is -0.280. The summed E-state index contributed by atoms with van der Waals surface area (Å²) in [5, 5.41) is -2.46. The van der Waals surface area contributed by atoms with E-state index in [-0.39, 0.29) is 0 Å². The zero-order valence-electron chi connectivity index (χ0n) is 7.11. The highest BCUT2D eigenvalue weighted by atomic mass is 32.2. The Bertz CT molecular complexity index is 366. The van der Waals surface area contributed by atoms with Crippen molar-refractivity contribution in [2.75, 3.05) is 0 Å². The average molecular weight is 312 g/mol. The third-order valence-electron chi connectivity index (χ3n) is 1.22. The monoisotopic (exact) mass is 312 g/mol. The van der Waals surface area contributed by atoms with E-state index in [4.69, 9.17) is 9.81 Å². The van der Waals surface area contributed by atoms with Crippen LogP contribution >= 0.6 is 12.0 Å². The summed E-state index contributed by atoms with van der Waals surface area (Å²) in [7, 11) is -6.80. The highest BCUT2D eigenvalue weighted by Crippen LogP contribution is 2.53. The third-order valence-corrected chi connectivity index (χ3v) is 2.72. The molecule has 0 atom stereocenters. The van der Waals surface area contributed by atoms with E-state index in [0.29, 0.717) is 0 Å². The van der Waals surface area contributed by atoms with E-state index in [0.717, 1.165) is 0 Å². The second kappa shape index (κ2) is 4.77. The standard InChI is InChI=1S/C3H2F6O6S2/c4-1(5,2(6,7)16-15-14-10)3(8,9)17(11,12)13/h10H,(H,11,12,13). The van der Waals surface area contributed by atoms with Gasteiger partial charge in [-0.2, -0.15) is 34.8 Å². The van der Waals surface area contributed by atoms with Gasteiger partial charge >= 0.3 is 26.5 Å². The summed E-state index contributed by atoms with van der Waals surface area (Å²) in [6.07, 6.45) is 0. The molecule has 2 N–H and O–H groups in total. The van der Waals surface area contributed by atoms with Crippen LogP contribution in [0.15, 0.2) is 0 Å². The van der Waals surface area contributed by atoms with Gasteiger partial charge in [-0.3, -0.25) is 4.55 Å². The van der Waals surface area contributed by atoms with Gasteiger partial charge in [0, 0.05) is 0 Å². The fourth-order valence-corrected chi connectivity index (χ4v) is 1.31. The number of hydrogen-bond donors (Lipinski definition) is 2. The molecule has 0 saturated heterocycles. The summed E-state index contributed by atoms with van der Waals surface area (Å²) in [5.41, 5.74) is 0. The Labute approximate surface area is 93.3 Å². The molecule has 0 aromatic rings. The zero-order chi connectivity index (χ0) is 14.1. The highest BCUT2D eigenvalue weighted by Gasteiger charge is 2.78. The first-order chi connectivity index (χ1) is 7.31. The Balaban J connectivity index is 5.39. The molecule has 0 unspecified atom stereocenters. The first-order valence-corrected chi connectivity index (χ1v) is 5.26. The summed E-state index contributed by atoms with van der Waals surface area (Å²) in [5.74, 6) is -6.53. The fraction of sp³-hybridized carbons (Fsp3) is 1.00. The average Bonchev–Trinajstić information content (AvgIpc) is 2.12. The summed E-state index contributed by atoms with van der Waals surface area (Å²) in [6, 6.07) is 0. The molecule has 104 valence electrons. The van der Waals surface area contributed by atoms with Gasteiger partial charge in [-0.1, -0.05) is 5.04 Å². The van der Waals surface area contributed by atoms with Crippen molar-refractivity contribution >= 4 is 22.2 Å². The van der Waals surface area contributed by atoms with Crippen LogP contribution in [-0.4, -0.2) is 34.7 Å². The summed E-state index contributed by atoms with van der Waals surface area (Å²) < 4.78 is 105. The minimum absolute atomic E-state index is 1.78. The first kappa shape index (κ1) is 16.7. The maximum atomic E-state index is 12.5. The molecular weight excluding hydrogens is 310 g/mol. The molecule has 0 heterocycles. The molecule has 0 aliphatic heterocycles. The second-order valence-corrected chi connectivity index (χ2v) is 4.59. The molecule has 0 saturated carbocycles. The number of alkyl halides is 6. The molecule has 17 heavy (non-hydrogen) atoms. The van der Waals surface area contributed by atoms with Gasteiger partial charge < -0.3 is 0 Å². The highest BCUT2D eigenvalue weighted by molar-refractivity contribution is 7.95. The van der Waals surface area contributed by atoms with Gasteiger partial charge in [0.2, 0.25) is 0 Å². The van der Waals surface area contributed by atoms with Crippen molar-refractivity contribution in [1.29, 1.82) is 0 Å². The second-order valence-electron chi connectivity index (χ2n) is 2.31. The predicted octanol–water partition coefficient (Wildman–Crippen LogP) is 1.76. The molecule has 0 fully saturated rings. The Morgan fingerprint density at radius 2 is 1.47 bits per heavy atom. The van der Waals surface area contributed by atoms with Gasteiger partial charge in [0.15, 0.2) is 0 Å². The van der Waals surface area contributed by atoms with Crippen molar-refractivity contribution in [2.24, 2.45) is 0 Å². The molecule has 0 radical (unpaired) electrons. The Kier molecular flexibility index (Phi) is 4.69. The number of halogens is 6. The maximum Gasteiger partial charge on any atom is 0.439 e. The molecular formula is C3H2F6O6S2. The predicted molar refractivity (Wildman–Crippen MR) is 38.8 cm³/mol. The van der Waals surface area contributed by atoms with E-state index in [1.165, 1.54) is 0 Å². The van der Waals surface area contributed by atoms with Gasteiger partial charge in [-0.25, -0.2) is 5.26 Å². The third kappa shape index (κ3) is 2.94. The van der Waals surface area contributed by atoms with Crippen LogP contribution < -0.4 is 0 Å². The smallest absolute Gasteiger partial charge is 0.281 e. The van der Waals surface area contributed by atoms with E-state index in [1.54, 1.807) is 0 Å². The summed E-state index contributed by atoms with van der Waals surface area (Å²) in [6.45, 7) is 0. The lowest BCUT2D eigenvalue weighted by Crippen LogP contribution is -2.56. The molecule has 0 spiro atoms. The van der Waals surface area contributed by atoms with Crippen LogP contribution in [0.3, 0.4) is 0 Å². The summed E-state index contributed by atoms with van der Waals surface area (Å²) in [4.78, 5) is 0. The zero-order valence-corrected chi connectivity index (χ0v) is 8.74. The van der Waals surface area contributed by atoms with Crippen molar-refractivity contribution in [3.63, 3.8) is 0 Å². The largest absolute Gasteiger partial charge is 0.439 e. The number of hydrogen-bond acceptors (Lipinski definition) is 6. The molecule has 0 aliphatic carbocycles. The van der Waals surface area contributed by atoms with Crippen LogP contribution in [0, 0.1) is 0 Å². The maximum absolute atomic E-state index is 12.5. The normalized spacial score (nSPS) is 15.1. The van der Waals surface area contributed by atoms with E-state index >= 15 is 0 Å². The minimum Gasteiger partial charge on any atom is -0.281 e. The first-order valence-electron chi connectivity index (χ1n) is 3.07. The molecule has 0 amide bonds. The van der Waals surface area contributed by atoms with Crippen LogP contribution in [0.25, 0.3) is 0 Å². The lowest BCUT2D eigenvalue weighted by Gasteiger charge is -2.28. The quantitative estimate of drug-likeness (QED) is 0.254.